The second kappa shape index (κ2) is 10.4. The van der Waals surface area contributed by atoms with Crippen molar-refractivity contribution in [2.45, 2.75) is 38.5 Å². The Morgan fingerprint density at radius 3 is 1.33 bits per heavy atom. The molecule has 0 radical (unpaired) electrons. The Balaban J connectivity index is 1.28. The van der Waals surface area contributed by atoms with Crippen LogP contribution in [0.1, 0.15) is 49.9 Å². The van der Waals surface area contributed by atoms with E-state index < -0.39 is 0 Å². The van der Waals surface area contributed by atoms with Gasteiger partial charge in [-0.3, -0.25) is 4.98 Å². The lowest BCUT2D eigenvalue weighted by Crippen LogP contribution is -2.18. The highest BCUT2D eigenvalue weighted by Crippen LogP contribution is 2.53. The molecule has 48 heavy (non-hydrogen) atoms. The van der Waals surface area contributed by atoms with Crippen molar-refractivity contribution >= 4 is 0 Å². The van der Waals surface area contributed by atoms with Crippen LogP contribution < -0.4 is 0 Å². The fraction of sp³-hybridized carbons (Fsp3) is 0.136. The van der Waals surface area contributed by atoms with Crippen LogP contribution in [0.25, 0.3) is 67.7 Å². The molecule has 2 aromatic heterocycles. The summed E-state index contributed by atoms with van der Waals surface area (Å²) in [5, 5.41) is 0. The maximum atomic E-state index is 5.34. The Kier molecular flexibility index (Phi) is 6.16. The molecular weight excluding hydrogens is 585 g/mol. The zero-order valence-corrected chi connectivity index (χ0v) is 27.5. The summed E-state index contributed by atoms with van der Waals surface area (Å²) in [6.45, 7) is 9.24. The molecule has 4 nitrogen and oxygen atoms in total. The van der Waals surface area contributed by atoms with Crippen molar-refractivity contribution in [1.82, 2.24) is 19.9 Å². The molecule has 4 heteroatoms. The first-order valence-corrected chi connectivity index (χ1v) is 16.6. The molecule has 2 aliphatic carbocycles. The van der Waals surface area contributed by atoms with Crippen LogP contribution in [0.5, 0.6) is 0 Å². The topological polar surface area (TPSA) is 51.6 Å². The second-order valence-corrected chi connectivity index (χ2v) is 13.9. The highest BCUT2D eigenvalue weighted by Gasteiger charge is 2.40. The molecule has 0 atom stereocenters. The molecule has 7 aromatic rings. The minimum absolute atomic E-state index is 0.211. The molecular formula is C44H34N4. The van der Waals surface area contributed by atoms with E-state index in [1.807, 2.05) is 24.4 Å². The first kappa shape index (κ1) is 28.5. The highest BCUT2D eigenvalue weighted by molar-refractivity contribution is 5.89. The lowest BCUT2D eigenvalue weighted by Gasteiger charge is -2.25. The van der Waals surface area contributed by atoms with Crippen LogP contribution >= 0.6 is 0 Å². The third-order valence-corrected chi connectivity index (χ3v) is 10.4. The first-order chi connectivity index (χ1) is 23.3. The van der Waals surface area contributed by atoms with E-state index in [0.717, 1.165) is 27.9 Å². The van der Waals surface area contributed by atoms with Crippen molar-refractivity contribution < 1.29 is 0 Å². The fourth-order valence-corrected chi connectivity index (χ4v) is 8.14. The summed E-state index contributed by atoms with van der Waals surface area (Å²) in [7, 11) is 0. The smallest absolute Gasteiger partial charge is 0.164 e. The maximum Gasteiger partial charge on any atom is 0.164 e. The number of benzene rings is 5. The average Bonchev–Trinajstić information content (AvgIpc) is 3.52. The molecule has 2 heterocycles. The van der Waals surface area contributed by atoms with Crippen LogP contribution in [-0.2, 0) is 10.8 Å². The number of hydrogen-bond donors (Lipinski definition) is 0. The lowest BCUT2D eigenvalue weighted by atomic mass is 9.79. The van der Waals surface area contributed by atoms with Crippen LogP contribution in [0.15, 0.2) is 134 Å². The van der Waals surface area contributed by atoms with Gasteiger partial charge in [-0.15, -0.1) is 0 Å². The predicted molar refractivity (Wildman–Crippen MR) is 194 cm³/mol. The van der Waals surface area contributed by atoms with E-state index in [1.165, 1.54) is 44.5 Å². The molecule has 0 N–H and O–H groups in total. The minimum atomic E-state index is -0.211. The lowest BCUT2D eigenvalue weighted by molar-refractivity contribution is 0.660. The standard InChI is InChI=1S/C44H34N4/c1-43(2)35-19-7-5-13-29(35)31-15-11-17-33(38(31)43)41-46-40(28-24-22-27(23-25-28)37-21-9-10-26-45-37)47-42(48-41)34-18-12-16-32-30-14-6-8-20-36(30)44(3,4)39(32)34/h5-26H,1-4H3. The number of rotatable bonds is 4. The van der Waals surface area contributed by atoms with E-state index in [1.54, 1.807) is 0 Å². The number of aromatic nitrogens is 4. The zero-order chi connectivity index (χ0) is 32.6. The fourth-order valence-electron chi connectivity index (χ4n) is 8.14. The molecule has 0 amide bonds. The molecule has 0 aliphatic heterocycles. The average molecular weight is 619 g/mol. The molecule has 0 unspecified atom stereocenters. The number of nitrogens with zero attached hydrogens (tertiary/aromatic N) is 4. The van der Waals surface area contributed by atoms with E-state index in [-0.39, 0.29) is 10.8 Å². The summed E-state index contributed by atoms with van der Waals surface area (Å²) in [6, 6.07) is 44.9. The van der Waals surface area contributed by atoms with Gasteiger partial charge in [0.2, 0.25) is 0 Å². The third kappa shape index (κ3) is 4.15. The molecule has 0 bridgehead atoms. The quantitative estimate of drug-likeness (QED) is 0.197. The van der Waals surface area contributed by atoms with Crippen molar-refractivity contribution in [1.29, 1.82) is 0 Å². The van der Waals surface area contributed by atoms with Gasteiger partial charge in [0.05, 0.1) is 5.69 Å². The van der Waals surface area contributed by atoms with Gasteiger partial charge < -0.3 is 0 Å². The number of hydrogen-bond acceptors (Lipinski definition) is 4. The van der Waals surface area contributed by atoms with Crippen LogP contribution in [0.2, 0.25) is 0 Å². The van der Waals surface area contributed by atoms with Gasteiger partial charge in [0.25, 0.3) is 0 Å². The van der Waals surface area contributed by atoms with E-state index in [2.05, 4.69) is 142 Å². The molecule has 0 fully saturated rings. The van der Waals surface area contributed by atoms with Crippen LogP contribution in [-0.4, -0.2) is 19.9 Å². The van der Waals surface area contributed by atoms with Crippen molar-refractivity contribution in [2.24, 2.45) is 0 Å². The molecule has 0 saturated heterocycles. The second-order valence-electron chi connectivity index (χ2n) is 13.9. The largest absolute Gasteiger partial charge is 0.256 e. The van der Waals surface area contributed by atoms with Gasteiger partial charge in [-0.25, -0.2) is 15.0 Å². The Morgan fingerprint density at radius 2 is 0.812 bits per heavy atom. The van der Waals surface area contributed by atoms with Crippen LogP contribution in [0.4, 0.5) is 0 Å². The van der Waals surface area contributed by atoms with Gasteiger partial charge in [0.15, 0.2) is 17.5 Å². The molecule has 5 aromatic carbocycles. The number of pyridine rings is 1. The Hall–Kier alpha value is -5.74. The van der Waals surface area contributed by atoms with Gasteiger partial charge in [0, 0.05) is 39.3 Å². The van der Waals surface area contributed by atoms with E-state index in [0.29, 0.717) is 17.5 Å². The van der Waals surface area contributed by atoms with Gasteiger partial charge in [-0.05, 0) is 56.6 Å². The molecule has 0 spiro atoms. The van der Waals surface area contributed by atoms with Gasteiger partial charge >= 0.3 is 0 Å². The summed E-state index contributed by atoms with van der Waals surface area (Å²) >= 11 is 0. The van der Waals surface area contributed by atoms with Crippen molar-refractivity contribution in [3.63, 3.8) is 0 Å². The molecule has 9 rings (SSSR count). The summed E-state index contributed by atoms with van der Waals surface area (Å²) < 4.78 is 0. The monoisotopic (exact) mass is 618 g/mol. The normalized spacial score (nSPS) is 14.6. The predicted octanol–water partition coefficient (Wildman–Crippen LogP) is 10.5. The van der Waals surface area contributed by atoms with Crippen molar-refractivity contribution in [3.8, 4) is 67.7 Å². The number of fused-ring (bicyclic) bond motifs is 6. The van der Waals surface area contributed by atoms with Crippen LogP contribution in [0, 0.1) is 0 Å². The van der Waals surface area contributed by atoms with Crippen molar-refractivity contribution in [2.75, 3.05) is 0 Å². The molecule has 0 saturated carbocycles. The first-order valence-electron chi connectivity index (χ1n) is 16.6. The highest BCUT2D eigenvalue weighted by atomic mass is 15.0. The SMILES string of the molecule is CC1(C)c2ccccc2-c2cccc(-c3nc(-c4ccc(-c5ccccn5)cc4)nc(-c4cccc5c4C(C)(C)c4ccccc4-5)n3)c21. The molecule has 2 aliphatic rings. The van der Waals surface area contributed by atoms with E-state index in [9.17, 15) is 0 Å². The summed E-state index contributed by atoms with van der Waals surface area (Å²) in [5.74, 6) is 2.03. The van der Waals surface area contributed by atoms with Gasteiger partial charge in [-0.2, -0.15) is 0 Å². The zero-order valence-electron chi connectivity index (χ0n) is 27.5. The molecule has 230 valence electrons. The third-order valence-electron chi connectivity index (χ3n) is 10.4. The van der Waals surface area contributed by atoms with Gasteiger partial charge in [0.1, 0.15) is 0 Å². The van der Waals surface area contributed by atoms with E-state index in [4.69, 9.17) is 15.0 Å². The Labute approximate surface area is 281 Å². The Morgan fingerprint density at radius 1 is 0.375 bits per heavy atom. The van der Waals surface area contributed by atoms with E-state index >= 15 is 0 Å². The van der Waals surface area contributed by atoms with Crippen molar-refractivity contribution in [3.05, 3.63) is 156 Å². The summed E-state index contributed by atoms with van der Waals surface area (Å²) in [6.07, 6.45) is 1.82. The Bertz CT molecular complexity index is 2260. The minimum Gasteiger partial charge on any atom is -0.256 e. The summed E-state index contributed by atoms with van der Waals surface area (Å²) in [4.78, 5) is 20.4. The van der Waals surface area contributed by atoms with Crippen LogP contribution in [0.3, 0.4) is 0 Å². The summed E-state index contributed by atoms with van der Waals surface area (Å²) in [5.41, 5.74) is 14.8. The van der Waals surface area contributed by atoms with Gasteiger partial charge in [-0.1, -0.05) is 143 Å². The maximum absolute atomic E-state index is 5.34.